The molecule has 0 aromatic carbocycles. The van der Waals surface area contributed by atoms with Gasteiger partial charge in [-0.3, -0.25) is 9.36 Å². The molecule has 0 N–H and O–H groups in total. The quantitative estimate of drug-likeness (QED) is 0.812. The molecule has 0 bridgehead atoms. The molecule has 0 spiro atoms. The number of aromatic nitrogens is 4. The van der Waals surface area contributed by atoms with Gasteiger partial charge in [0.15, 0.2) is 0 Å². The Kier molecular flexibility index (Phi) is 3.31. The van der Waals surface area contributed by atoms with Gasteiger partial charge in [-0.25, -0.2) is 0 Å². The van der Waals surface area contributed by atoms with Crippen molar-refractivity contribution in [1.29, 1.82) is 0 Å². The molecule has 0 aliphatic carbocycles. The second-order valence-corrected chi connectivity index (χ2v) is 5.01. The summed E-state index contributed by atoms with van der Waals surface area (Å²) in [4.78, 5) is 0. The molecule has 0 saturated carbocycles. The van der Waals surface area contributed by atoms with Crippen LogP contribution >= 0.6 is 0 Å². The highest BCUT2D eigenvalue weighted by atomic mass is 15.4. The van der Waals surface area contributed by atoms with E-state index < -0.39 is 0 Å². The molecule has 4 heteroatoms. The van der Waals surface area contributed by atoms with Crippen LogP contribution in [0.5, 0.6) is 0 Å². The van der Waals surface area contributed by atoms with E-state index >= 15 is 0 Å². The maximum Gasteiger partial charge on any atom is 0.133 e. The number of hydrogen-bond acceptors (Lipinski definition) is 2. The standard InChI is InChI=1S/C13H20N4/c1-10(2)12-5-7-16(14-12)9-17-8-6-13(15-17)11(3)4/h5-8,10-11H,9H2,1-4H3. The fraction of sp³-hybridized carbons (Fsp3) is 0.538. The molecule has 0 aliphatic heterocycles. The molecule has 2 rings (SSSR count). The molecule has 0 saturated heterocycles. The summed E-state index contributed by atoms with van der Waals surface area (Å²) in [6.45, 7) is 9.28. The summed E-state index contributed by atoms with van der Waals surface area (Å²) in [5, 5.41) is 9.03. The van der Waals surface area contributed by atoms with Crippen LogP contribution in [-0.4, -0.2) is 19.6 Å². The first-order chi connectivity index (χ1) is 8.06. The minimum absolute atomic E-state index is 0.472. The lowest BCUT2D eigenvalue weighted by Crippen LogP contribution is -2.10. The first kappa shape index (κ1) is 11.9. The fourth-order valence-electron chi connectivity index (χ4n) is 1.68. The van der Waals surface area contributed by atoms with E-state index in [4.69, 9.17) is 0 Å². The van der Waals surface area contributed by atoms with Gasteiger partial charge < -0.3 is 0 Å². The molecule has 2 aromatic heterocycles. The number of hydrogen-bond donors (Lipinski definition) is 0. The Bertz CT molecular complexity index is 435. The van der Waals surface area contributed by atoms with Crippen LogP contribution in [0.4, 0.5) is 0 Å². The fourth-order valence-corrected chi connectivity index (χ4v) is 1.68. The van der Waals surface area contributed by atoms with E-state index in [-0.39, 0.29) is 0 Å². The minimum Gasteiger partial charge on any atom is -0.251 e. The zero-order valence-electron chi connectivity index (χ0n) is 11.0. The maximum atomic E-state index is 4.51. The van der Waals surface area contributed by atoms with Crippen molar-refractivity contribution in [3.63, 3.8) is 0 Å². The average Bonchev–Trinajstić information content (AvgIpc) is 2.87. The molecular formula is C13H20N4. The summed E-state index contributed by atoms with van der Waals surface area (Å²) < 4.78 is 3.85. The summed E-state index contributed by atoms with van der Waals surface area (Å²) in [6, 6.07) is 4.13. The van der Waals surface area contributed by atoms with Gasteiger partial charge in [-0.15, -0.1) is 0 Å². The van der Waals surface area contributed by atoms with E-state index in [1.165, 1.54) is 0 Å². The molecule has 2 heterocycles. The lowest BCUT2D eigenvalue weighted by atomic mass is 10.1. The van der Waals surface area contributed by atoms with E-state index in [0.29, 0.717) is 18.5 Å². The van der Waals surface area contributed by atoms with E-state index in [9.17, 15) is 0 Å². The Morgan fingerprint density at radius 1 is 0.882 bits per heavy atom. The molecule has 0 unspecified atom stereocenters. The smallest absolute Gasteiger partial charge is 0.133 e. The van der Waals surface area contributed by atoms with Gasteiger partial charge in [-0.2, -0.15) is 10.2 Å². The second-order valence-electron chi connectivity index (χ2n) is 5.01. The number of rotatable bonds is 4. The molecule has 92 valence electrons. The Morgan fingerprint density at radius 2 is 1.29 bits per heavy atom. The van der Waals surface area contributed by atoms with E-state index in [0.717, 1.165) is 11.4 Å². The van der Waals surface area contributed by atoms with Crippen molar-refractivity contribution in [3.8, 4) is 0 Å². The molecule has 0 amide bonds. The summed E-state index contributed by atoms with van der Waals surface area (Å²) >= 11 is 0. The van der Waals surface area contributed by atoms with Gasteiger partial charge in [0.25, 0.3) is 0 Å². The van der Waals surface area contributed by atoms with Crippen LogP contribution in [0.15, 0.2) is 24.5 Å². The Labute approximate surface area is 102 Å². The predicted octanol–water partition coefficient (Wildman–Crippen LogP) is 2.83. The van der Waals surface area contributed by atoms with Crippen LogP contribution in [0.2, 0.25) is 0 Å². The third-order valence-corrected chi connectivity index (χ3v) is 2.80. The van der Waals surface area contributed by atoms with Crippen molar-refractivity contribution in [2.24, 2.45) is 0 Å². The molecule has 4 nitrogen and oxygen atoms in total. The van der Waals surface area contributed by atoms with Gasteiger partial charge in [0.1, 0.15) is 6.67 Å². The van der Waals surface area contributed by atoms with Crippen molar-refractivity contribution in [1.82, 2.24) is 19.6 Å². The second kappa shape index (κ2) is 4.73. The summed E-state index contributed by atoms with van der Waals surface area (Å²) in [5.74, 6) is 0.945. The zero-order valence-corrected chi connectivity index (χ0v) is 11.0. The van der Waals surface area contributed by atoms with Gasteiger partial charge in [-0.1, -0.05) is 27.7 Å². The monoisotopic (exact) mass is 232 g/mol. The molecule has 0 fully saturated rings. The van der Waals surface area contributed by atoms with E-state index in [1.54, 1.807) is 0 Å². The van der Waals surface area contributed by atoms with Crippen LogP contribution in [-0.2, 0) is 6.67 Å². The molecule has 0 aliphatic rings. The molecule has 0 atom stereocenters. The van der Waals surface area contributed by atoms with Crippen molar-refractivity contribution >= 4 is 0 Å². The van der Waals surface area contributed by atoms with Crippen LogP contribution in [0.3, 0.4) is 0 Å². The van der Waals surface area contributed by atoms with Crippen LogP contribution in [0.1, 0.15) is 50.9 Å². The molecular weight excluding hydrogens is 212 g/mol. The van der Waals surface area contributed by atoms with E-state index in [2.05, 4.69) is 50.0 Å². The lowest BCUT2D eigenvalue weighted by molar-refractivity contribution is 0.491. The van der Waals surface area contributed by atoms with Crippen LogP contribution in [0, 0.1) is 0 Å². The molecule has 2 aromatic rings. The maximum absolute atomic E-state index is 4.51. The van der Waals surface area contributed by atoms with Crippen molar-refractivity contribution in [3.05, 3.63) is 35.9 Å². The normalized spacial score (nSPS) is 11.6. The molecule has 0 radical (unpaired) electrons. The summed E-state index contributed by atoms with van der Waals surface area (Å²) in [6.07, 6.45) is 4.01. The SMILES string of the molecule is CC(C)c1ccn(Cn2ccc(C(C)C)n2)n1. The molecule has 17 heavy (non-hydrogen) atoms. The van der Waals surface area contributed by atoms with Crippen LogP contribution in [0.25, 0.3) is 0 Å². The van der Waals surface area contributed by atoms with Crippen molar-refractivity contribution < 1.29 is 0 Å². The minimum atomic E-state index is 0.472. The van der Waals surface area contributed by atoms with Gasteiger partial charge >= 0.3 is 0 Å². The third-order valence-electron chi connectivity index (χ3n) is 2.80. The van der Waals surface area contributed by atoms with Crippen molar-refractivity contribution in [2.45, 2.75) is 46.2 Å². The highest BCUT2D eigenvalue weighted by Gasteiger charge is 2.06. The highest BCUT2D eigenvalue weighted by Crippen LogP contribution is 2.12. The van der Waals surface area contributed by atoms with Gasteiger partial charge in [0.05, 0.1) is 11.4 Å². The summed E-state index contributed by atoms with van der Waals surface area (Å²) in [5.41, 5.74) is 2.25. The predicted molar refractivity (Wildman–Crippen MR) is 68.0 cm³/mol. The Balaban J connectivity index is 2.08. The largest absolute Gasteiger partial charge is 0.251 e. The average molecular weight is 232 g/mol. The first-order valence-electron chi connectivity index (χ1n) is 6.13. The first-order valence-corrected chi connectivity index (χ1v) is 6.13. The Morgan fingerprint density at radius 3 is 1.59 bits per heavy atom. The zero-order chi connectivity index (χ0) is 12.4. The Hall–Kier alpha value is -1.58. The topological polar surface area (TPSA) is 35.6 Å². The highest BCUT2D eigenvalue weighted by molar-refractivity contribution is 5.05. The third kappa shape index (κ3) is 2.75. The van der Waals surface area contributed by atoms with Gasteiger partial charge in [0.2, 0.25) is 0 Å². The summed E-state index contributed by atoms with van der Waals surface area (Å²) in [7, 11) is 0. The lowest BCUT2D eigenvalue weighted by Gasteiger charge is -2.03. The van der Waals surface area contributed by atoms with Gasteiger partial charge in [0, 0.05) is 12.4 Å². The van der Waals surface area contributed by atoms with Crippen molar-refractivity contribution in [2.75, 3.05) is 0 Å². The van der Waals surface area contributed by atoms with Crippen LogP contribution < -0.4 is 0 Å². The van der Waals surface area contributed by atoms with Gasteiger partial charge in [-0.05, 0) is 24.0 Å². The van der Waals surface area contributed by atoms with E-state index in [1.807, 2.05) is 21.8 Å². The number of nitrogens with zero attached hydrogens (tertiary/aromatic N) is 4.